The highest BCUT2D eigenvalue weighted by Crippen LogP contribution is 2.21. The lowest BCUT2D eigenvalue weighted by Gasteiger charge is -2.36. The molecule has 0 aromatic heterocycles. The highest BCUT2D eigenvalue weighted by Gasteiger charge is 2.24. The standard InChI is InChI=1S/C18H19N3O2S/c22-21(23)17-9-5-4-8-16(17)18(24)20-12-10-19(11-13-20)14-15-6-2-1-3-7-15/h1-9H,10-14H2. The quantitative estimate of drug-likeness (QED) is 0.486. The van der Waals surface area contributed by atoms with Gasteiger partial charge in [0.15, 0.2) is 0 Å². The Morgan fingerprint density at radius 1 is 1.00 bits per heavy atom. The topological polar surface area (TPSA) is 49.6 Å². The number of nitro benzene ring substituents is 1. The molecule has 24 heavy (non-hydrogen) atoms. The van der Waals surface area contributed by atoms with Crippen LogP contribution in [-0.2, 0) is 6.54 Å². The maximum Gasteiger partial charge on any atom is 0.279 e. The largest absolute Gasteiger partial charge is 0.360 e. The third-order valence-electron chi connectivity index (χ3n) is 4.24. The Bertz CT molecular complexity index is 728. The van der Waals surface area contributed by atoms with Gasteiger partial charge in [-0.1, -0.05) is 54.7 Å². The number of nitrogens with zero attached hydrogens (tertiary/aromatic N) is 3. The van der Waals surface area contributed by atoms with E-state index >= 15 is 0 Å². The lowest BCUT2D eigenvalue weighted by molar-refractivity contribution is -0.385. The number of para-hydroxylation sites is 1. The molecule has 0 saturated carbocycles. The Morgan fingerprint density at radius 3 is 2.29 bits per heavy atom. The van der Waals surface area contributed by atoms with Gasteiger partial charge >= 0.3 is 0 Å². The summed E-state index contributed by atoms with van der Waals surface area (Å²) in [6, 6.07) is 17.1. The smallest absolute Gasteiger partial charge is 0.279 e. The molecule has 0 radical (unpaired) electrons. The first-order chi connectivity index (χ1) is 11.6. The van der Waals surface area contributed by atoms with Gasteiger partial charge in [-0.2, -0.15) is 0 Å². The Labute approximate surface area is 146 Å². The van der Waals surface area contributed by atoms with Crippen molar-refractivity contribution < 1.29 is 4.92 Å². The van der Waals surface area contributed by atoms with E-state index in [1.165, 1.54) is 11.6 Å². The van der Waals surface area contributed by atoms with Gasteiger partial charge in [0.2, 0.25) is 0 Å². The van der Waals surface area contributed by atoms with E-state index in [0.717, 1.165) is 32.7 Å². The van der Waals surface area contributed by atoms with Crippen molar-refractivity contribution in [1.29, 1.82) is 0 Å². The molecule has 1 fully saturated rings. The van der Waals surface area contributed by atoms with Gasteiger partial charge in [-0.15, -0.1) is 0 Å². The van der Waals surface area contributed by atoms with Crippen LogP contribution in [0.4, 0.5) is 5.69 Å². The summed E-state index contributed by atoms with van der Waals surface area (Å²) in [4.78, 5) is 15.8. The molecule has 5 nitrogen and oxygen atoms in total. The lowest BCUT2D eigenvalue weighted by atomic mass is 10.1. The van der Waals surface area contributed by atoms with Crippen molar-refractivity contribution in [1.82, 2.24) is 9.80 Å². The van der Waals surface area contributed by atoms with Gasteiger partial charge in [0.25, 0.3) is 5.69 Å². The normalized spacial score (nSPS) is 15.2. The summed E-state index contributed by atoms with van der Waals surface area (Å²) in [6.07, 6.45) is 0. The van der Waals surface area contributed by atoms with Crippen LogP contribution in [0.3, 0.4) is 0 Å². The Kier molecular flexibility index (Phi) is 5.17. The number of hydrogen-bond donors (Lipinski definition) is 0. The van der Waals surface area contributed by atoms with Crippen LogP contribution in [-0.4, -0.2) is 45.9 Å². The zero-order valence-electron chi connectivity index (χ0n) is 13.3. The second-order valence-electron chi connectivity index (χ2n) is 5.83. The van der Waals surface area contributed by atoms with Gasteiger partial charge in [0.05, 0.1) is 10.5 Å². The molecule has 2 aromatic carbocycles. The molecule has 1 aliphatic heterocycles. The second kappa shape index (κ2) is 7.51. The number of hydrogen-bond acceptors (Lipinski definition) is 4. The molecule has 0 N–H and O–H groups in total. The van der Waals surface area contributed by atoms with Crippen LogP contribution in [0.15, 0.2) is 54.6 Å². The molecule has 0 amide bonds. The molecule has 0 bridgehead atoms. The van der Waals surface area contributed by atoms with Gasteiger partial charge in [-0.05, 0) is 11.6 Å². The van der Waals surface area contributed by atoms with Gasteiger partial charge in [-0.3, -0.25) is 15.0 Å². The van der Waals surface area contributed by atoms with Crippen LogP contribution in [0.25, 0.3) is 0 Å². The SMILES string of the molecule is O=[N+]([O-])c1ccccc1C(=S)N1CCN(Cc2ccccc2)CC1. The summed E-state index contributed by atoms with van der Waals surface area (Å²) in [5.74, 6) is 0. The molecule has 2 aromatic rings. The van der Waals surface area contributed by atoms with Crippen molar-refractivity contribution in [3.63, 3.8) is 0 Å². The molecule has 0 unspecified atom stereocenters. The first-order valence-electron chi connectivity index (χ1n) is 7.94. The van der Waals surface area contributed by atoms with Crippen LogP contribution < -0.4 is 0 Å². The number of benzene rings is 2. The van der Waals surface area contributed by atoms with Gasteiger partial charge in [0, 0.05) is 38.8 Å². The van der Waals surface area contributed by atoms with Crippen molar-refractivity contribution in [3.8, 4) is 0 Å². The van der Waals surface area contributed by atoms with Gasteiger partial charge in [-0.25, -0.2) is 0 Å². The molecule has 124 valence electrons. The highest BCUT2D eigenvalue weighted by molar-refractivity contribution is 7.80. The van der Waals surface area contributed by atoms with E-state index in [2.05, 4.69) is 34.1 Å². The Balaban J connectivity index is 1.62. The third kappa shape index (κ3) is 3.77. The van der Waals surface area contributed by atoms with E-state index in [1.807, 2.05) is 6.07 Å². The first kappa shape index (κ1) is 16.5. The van der Waals surface area contributed by atoms with Crippen molar-refractivity contribution in [2.24, 2.45) is 0 Å². The van der Waals surface area contributed by atoms with E-state index in [4.69, 9.17) is 12.2 Å². The van der Waals surface area contributed by atoms with Crippen molar-refractivity contribution in [2.75, 3.05) is 26.2 Å². The van der Waals surface area contributed by atoms with E-state index in [0.29, 0.717) is 10.6 Å². The fourth-order valence-corrected chi connectivity index (χ4v) is 3.29. The summed E-state index contributed by atoms with van der Waals surface area (Å²) < 4.78 is 0. The minimum atomic E-state index is -0.368. The Hall–Kier alpha value is -2.31. The second-order valence-corrected chi connectivity index (χ2v) is 6.21. The monoisotopic (exact) mass is 341 g/mol. The number of piperazine rings is 1. The van der Waals surface area contributed by atoms with Crippen LogP contribution >= 0.6 is 12.2 Å². The summed E-state index contributed by atoms with van der Waals surface area (Å²) in [5.41, 5.74) is 1.91. The van der Waals surface area contributed by atoms with Crippen LogP contribution in [0, 0.1) is 10.1 Å². The zero-order valence-corrected chi connectivity index (χ0v) is 14.1. The predicted octanol–water partition coefficient (Wildman–Crippen LogP) is 3.09. The molecular formula is C18H19N3O2S. The number of nitro groups is 1. The van der Waals surface area contributed by atoms with E-state index in [9.17, 15) is 10.1 Å². The maximum atomic E-state index is 11.2. The van der Waals surface area contributed by atoms with E-state index < -0.39 is 0 Å². The summed E-state index contributed by atoms with van der Waals surface area (Å²) >= 11 is 5.52. The zero-order chi connectivity index (χ0) is 16.9. The fourth-order valence-electron chi connectivity index (χ4n) is 2.93. The Morgan fingerprint density at radius 2 is 1.62 bits per heavy atom. The third-order valence-corrected chi connectivity index (χ3v) is 4.72. The average molecular weight is 341 g/mol. The van der Waals surface area contributed by atoms with Crippen LogP contribution in [0.2, 0.25) is 0 Å². The molecule has 0 atom stereocenters. The maximum absolute atomic E-state index is 11.2. The highest BCUT2D eigenvalue weighted by atomic mass is 32.1. The molecule has 6 heteroatoms. The molecule has 1 aliphatic rings. The van der Waals surface area contributed by atoms with Gasteiger partial charge in [0.1, 0.15) is 4.99 Å². The van der Waals surface area contributed by atoms with Gasteiger partial charge < -0.3 is 4.90 Å². The molecule has 0 aliphatic carbocycles. The van der Waals surface area contributed by atoms with Crippen molar-refractivity contribution in [3.05, 3.63) is 75.8 Å². The molecule has 3 rings (SSSR count). The molecule has 1 heterocycles. The number of rotatable bonds is 4. The lowest BCUT2D eigenvalue weighted by Crippen LogP contribution is -2.48. The van der Waals surface area contributed by atoms with Crippen molar-refractivity contribution in [2.45, 2.75) is 6.54 Å². The predicted molar refractivity (Wildman–Crippen MR) is 98.1 cm³/mol. The minimum absolute atomic E-state index is 0.0780. The molecule has 0 spiro atoms. The number of thiocarbonyl (C=S) groups is 1. The summed E-state index contributed by atoms with van der Waals surface area (Å²) in [5, 5.41) is 11.2. The van der Waals surface area contributed by atoms with E-state index in [-0.39, 0.29) is 10.6 Å². The summed E-state index contributed by atoms with van der Waals surface area (Å²) in [7, 11) is 0. The van der Waals surface area contributed by atoms with E-state index in [1.54, 1.807) is 18.2 Å². The first-order valence-corrected chi connectivity index (χ1v) is 8.35. The van der Waals surface area contributed by atoms with Crippen LogP contribution in [0.5, 0.6) is 0 Å². The van der Waals surface area contributed by atoms with Crippen molar-refractivity contribution >= 4 is 22.9 Å². The molecule has 1 saturated heterocycles. The minimum Gasteiger partial charge on any atom is -0.360 e. The summed E-state index contributed by atoms with van der Waals surface area (Å²) in [6.45, 7) is 4.30. The average Bonchev–Trinajstić information content (AvgIpc) is 2.62. The van der Waals surface area contributed by atoms with Crippen LogP contribution in [0.1, 0.15) is 11.1 Å². The molecular weight excluding hydrogens is 322 g/mol. The fraction of sp³-hybridized carbons (Fsp3) is 0.278.